The van der Waals surface area contributed by atoms with Crippen molar-refractivity contribution in [3.8, 4) is 5.75 Å². The highest BCUT2D eigenvalue weighted by atomic mass is 16.5. The molecular weight excluding hydrogens is 256 g/mol. The Morgan fingerprint density at radius 2 is 1.85 bits per heavy atom. The van der Waals surface area contributed by atoms with Gasteiger partial charge in [0.2, 0.25) is 0 Å². The molecular formula is C16H16O4. The fourth-order valence-corrected chi connectivity index (χ4v) is 1.88. The Labute approximate surface area is 117 Å². The molecule has 104 valence electrons. The summed E-state index contributed by atoms with van der Waals surface area (Å²) in [4.78, 5) is 11.0. The van der Waals surface area contributed by atoms with Gasteiger partial charge in [0, 0.05) is 5.56 Å². The van der Waals surface area contributed by atoms with E-state index in [1.54, 1.807) is 19.2 Å². The minimum Gasteiger partial charge on any atom is -0.496 e. The lowest BCUT2D eigenvalue weighted by Gasteiger charge is -2.10. The minimum atomic E-state index is -0.961. The lowest BCUT2D eigenvalue weighted by molar-refractivity contribution is 0.0696. The van der Waals surface area contributed by atoms with Crippen molar-refractivity contribution in [3.63, 3.8) is 0 Å². The van der Waals surface area contributed by atoms with Crippen LogP contribution in [0, 0.1) is 0 Å². The molecule has 4 heteroatoms. The number of methoxy groups -OCH3 is 1. The summed E-state index contributed by atoms with van der Waals surface area (Å²) >= 11 is 0. The third-order valence-corrected chi connectivity index (χ3v) is 2.90. The van der Waals surface area contributed by atoms with E-state index in [1.807, 2.05) is 30.3 Å². The average Bonchev–Trinajstić information content (AvgIpc) is 2.48. The zero-order chi connectivity index (χ0) is 14.4. The highest BCUT2D eigenvalue weighted by Gasteiger charge is 2.09. The maximum atomic E-state index is 11.0. The van der Waals surface area contributed by atoms with Crippen LogP contribution in [0.1, 0.15) is 21.5 Å². The molecule has 2 aromatic carbocycles. The molecule has 1 N–H and O–H groups in total. The molecule has 20 heavy (non-hydrogen) atoms. The molecule has 0 aromatic heterocycles. The average molecular weight is 272 g/mol. The summed E-state index contributed by atoms with van der Waals surface area (Å²) in [6.07, 6.45) is 0. The first-order chi connectivity index (χ1) is 9.70. The van der Waals surface area contributed by atoms with E-state index in [-0.39, 0.29) is 5.56 Å². The zero-order valence-corrected chi connectivity index (χ0v) is 11.2. The molecule has 0 atom stereocenters. The number of carboxylic acid groups (broad SMARTS) is 1. The molecule has 0 radical (unpaired) electrons. The van der Waals surface area contributed by atoms with Gasteiger partial charge in [0.05, 0.1) is 25.9 Å². The SMILES string of the molecule is COc1ccc(C(=O)O)cc1COCc1ccccc1. The lowest BCUT2D eigenvalue weighted by atomic mass is 10.1. The molecule has 0 saturated carbocycles. The number of hydrogen-bond donors (Lipinski definition) is 1. The van der Waals surface area contributed by atoms with Crippen LogP contribution in [-0.4, -0.2) is 18.2 Å². The van der Waals surface area contributed by atoms with Crippen molar-refractivity contribution in [2.75, 3.05) is 7.11 Å². The van der Waals surface area contributed by atoms with Crippen molar-refractivity contribution in [1.82, 2.24) is 0 Å². The maximum Gasteiger partial charge on any atom is 0.335 e. The highest BCUT2D eigenvalue weighted by Crippen LogP contribution is 2.21. The summed E-state index contributed by atoms with van der Waals surface area (Å²) in [5.41, 5.74) is 2.02. The summed E-state index contributed by atoms with van der Waals surface area (Å²) < 4.78 is 10.8. The van der Waals surface area contributed by atoms with E-state index in [1.165, 1.54) is 6.07 Å². The van der Waals surface area contributed by atoms with E-state index < -0.39 is 5.97 Å². The number of carbonyl (C=O) groups is 1. The van der Waals surface area contributed by atoms with Crippen LogP contribution in [0.4, 0.5) is 0 Å². The van der Waals surface area contributed by atoms with Crippen LogP contribution < -0.4 is 4.74 Å². The van der Waals surface area contributed by atoms with Crippen molar-refractivity contribution >= 4 is 5.97 Å². The number of carboxylic acids is 1. The van der Waals surface area contributed by atoms with Gasteiger partial charge >= 0.3 is 5.97 Å². The van der Waals surface area contributed by atoms with Crippen molar-refractivity contribution in [2.24, 2.45) is 0 Å². The molecule has 2 aromatic rings. The second-order valence-corrected chi connectivity index (χ2v) is 4.31. The highest BCUT2D eigenvalue weighted by molar-refractivity contribution is 5.88. The number of benzene rings is 2. The van der Waals surface area contributed by atoms with Gasteiger partial charge in [-0.3, -0.25) is 0 Å². The van der Waals surface area contributed by atoms with Crippen LogP contribution in [-0.2, 0) is 18.0 Å². The summed E-state index contributed by atoms with van der Waals surface area (Å²) in [5.74, 6) is -0.333. The first-order valence-electron chi connectivity index (χ1n) is 6.22. The van der Waals surface area contributed by atoms with Crippen LogP contribution in [0.5, 0.6) is 5.75 Å². The molecule has 0 heterocycles. The molecule has 0 aliphatic heterocycles. The molecule has 0 bridgehead atoms. The first kappa shape index (κ1) is 14.1. The number of hydrogen-bond acceptors (Lipinski definition) is 3. The Hall–Kier alpha value is -2.33. The Morgan fingerprint density at radius 1 is 1.10 bits per heavy atom. The van der Waals surface area contributed by atoms with E-state index in [9.17, 15) is 4.79 Å². The maximum absolute atomic E-state index is 11.0. The monoisotopic (exact) mass is 272 g/mol. The third-order valence-electron chi connectivity index (χ3n) is 2.90. The molecule has 0 aliphatic carbocycles. The Balaban J connectivity index is 2.04. The predicted molar refractivity (Wildman–Crippen MR) is 74.9 cm³/mol. The van der Waals surface area contributed by atoms with Crippen molar-refractivity contribution < 1.29 is 19.4 Å². The van der Waals surface area contributed by atoms with Crippen molar-refractivity contribution in [3.05, 3.63) is 65.2 Å². The molecule has 2 rings (SSSR count). The van der Waals surface area contributed by atoms with E-state index in [2.05, 4.69) is 0 Å². The number of aromatic carboxylic acids is 1. The van der Waals surface area contributed by atoms with E-state index >= 15 is 0 Å². The summed E-state index contributed by atoms with van der Waals surface area (Å²) in [6, 6.07) is 14.5. The Kier molecular flexibility index (Phi) is 4.74. The van der Waals surface area contributed by atoms with Gasteiger partial charge < -0.3 is 14.6 Å². The minimum absolute atomic E-state index is 0.226. The second kappa shape index (κ2) is 6.73. The van der Waals surface area contributed by atoms with Crippen LogP contribution in [0.3, 0.4) is 0 Å². The summed E-state index contributed by atoms with van der Waals surface area (Å²) in [7, 11) is 1.55. The Bertz CT molecular complexity index is 578. The van der Waals surface area contributed by atoms with Gasteiger partial charge in [0.15, 0.2) is 0 Å². The Morgan fingerprint density at radius 3 is 2.50 bits per heavy atom. The molecule has 0 saturated heterocycles. The van der Waals surface area contributed by atoms with Gasteiger partial charge in [-0.2, -0.15) is 0 Å². The van der Waals surface area contributed by atoms with Crippen LogP contribution in [0.2, 0.25) is 0 Å². The quantitative estimate of drug-likeness (QED) is 0.877. The summed E-state index contributed by atoms with van der Waals surface area (Å²) in [5, 5.41) is 8.99. The van der Waals surface area contributed by atoms with Crippen molar-refractivity contribution in [1.29, 1.82) is 0 Å². The van der Waals surface area contributed by atoms with Gasteiger partial charge in [-0.1, -0.05) is 30.3 Å². The van der Waals surface area contributed by atoms with Gasteiger partial charge in [-0.05, 0) is 23.8 Å². The van der Waals surface area contributed by atoms with Gasteiger partial charge in [-0.25, -0.2) is 4.79 Å². The van der Waals surface area contributed by atoms with E-state index in [0.717, 1.165) is 11.1 Å². The summed E-state index contributed by atoms with van der Waals surface area (Å²) in [6.45, 7) is 0.778. The molecule has 0 spiro atoms. The fraction of sp³-hybridized carbons (Fsp3) is 0.188. The molecule has 0 fully saturated rings. The second-order valence-electron chi connectivity index (χ2n) is 4.31. The third kappa shape index (κ3) is 3.59. The van der Waals surface area contributed by atoms with E-state index in [0.29, 0.717) is 19.0 Å². The largest absolute Gasteiger partial charge is 0.496 e. The normalized spacial score (nSPS) is 10.2. The van der Waals surface area contributed by atoms with Crippen LogP contribution >= 0.6 is 0 Å². The molecule has 0 unspecified atom stereocenters. The van der Waals surface area contributed by atoms with Crippen LogP contribution in [0.25, 0.3) is 0 Å². The zero-order valence-electron chi connectivity index (χ0n) is 11.2. The number of rotatable bonds is 6. The molecule has 0 amide bonds. The van der Waals surface area contributed by atoms with Gasteiger partial charge in [0.1, 0.15) is 5.75 Å². The number of ether oxygens (including phenoxy) is 2. The molecule has 0 aliphatic rings. The first-order valence-corrected chi connectivity index (χ1v) is 6.22. The van der Waals surface area contributed by atoms with Gasteiger partial charge in [-0.15, -0.1) is 0 Å². The topological polar surface area (TPSA) is 55.8 Å². The van der Waals surface area contributed by atoms with Gasteiger partial charge in [0.25, 0.3) is 0 Å². The van der Waals surface area contributed by atoms with E-state index in [4.69, 9.17) is 14.6 Å². The smallest absolute Gasteiger partial charge is 0.335 e. The van der Waals surface area contributed by atoms with Crippen LogP contribution in [0.15, 0.2) is 48.5 Å². The predicted octanol–water partition coefficient (Wildman–Crippen LogP) is 3.11. The molecule has 4 nitrogen and oxygen atoms in total. The van der Waals surface area contributed by atoms with Crippen molar-refractivity contribution in [2.45, 2.75) is 13.2 Å². The fourth-order valence-electron chi connectivity index (χ4n) is 1.88. The standard InChI is InChI=1S/C16H16O4/c1-19-15-8-7-13(16(17)18)9-14(15)11-20-10-12-5-3-2-4-6-12/h2-9H,10-11H2,1H3,(H,17,18). The lowest BCUT2D eigenvalue weighted by Crippen LogP contribution is -2.02.